The number of hydrogen-bond donors (Lipinski definition) is 2. The molecule has 1 amide bonds. The van der Waals surface area contributed by atoms with Crippen molar-refractivity contribution in [3.8, 4) is 5.82 Å². The first kappa shape index (κ1) is 25.3. The maximum absolute atomic E-state index is 13.0. The van der Waals surface area contributed by atoms with E-state index >= 15 is 0 Å². The molecular weight excluding hydrogens is 506 g/mol. The number of hydrogen-bond acceptors (Lipinski definition) is 9. The summed E-state index contributed by atoms with van der Waals surface area (Å²) in [7, 11) is -3.85. The van der Waals surface area contributed by atoms with Gasteiger partial charge in [-0.1, -0.05) is 0 Å². The average molecular weight is 534 g/mol. The summed E-state index contributed by atoms with van der Waals surface area (Å²) in [6, 6.07) is 13.1. The summed E-state index contributed by atoms with van der Waals surface area (Å²) in [6.07, 6.45) is 5.05. The third kappa shape index (κ3) is 5.78. The standard InChI is InChI=1S/C25H27N9O3S/c1-17-15-22(28-18(2)27-17)32-38(36,37)21-8-6-20(7-9-21)29-25(35)19-5-3-13-33(16-19)23-10-11-24(31-30-23)34-14-4-12-26-34/h4,6-12,14-15,19H,3,5,13,16H2,1-2H3,(H,29,35)(H,27,28,32). The maximum atomic E-state index is 13.0. The molecule has 1 aliphatic heterocycles. The van der Waals surface area contributed by atoms with Crippen LogP contribution in [0, 0.1) is 19.8 Å². The highest BCUT2D eigenvalue weighted by Gasteiger charge is 2.27. The highest BCUT2D eigenvalue weighted by Crippen LogP contribution is 2.24. The van der Waals surface area contributed by atoms with E-state index in [1.54, 1.807) is 49.1 Å². The molecule has 5 rings (SSSR count). The van der Waals surface area contributed by atoms with Crippen molar-refractivity contribution in [1.82, 2.24) is 29.9 Å². The third-order valence-corrected chi connectivity index (χ3v) is 7.50. The number of rotatable bonds is 7. The second-order valence-corrected chi connectivity index (χ2v) is 10.7. The number of anilines is 3. The monoisotopic (exact) mass is 533 g/mol. The molecule has 1 atom stereocenters. The maximum Gasteiger partial charge on any atom is 0.263 e. The topological polar surface area (TPSA) is 148 Å². The van der Waals surface area contributed by atoms with E-state index in [0.29, 0.717) is 35.4 Å². The molecule has 0 aliphatic carbocycles. The molecule has 2 N–H and O–H groups in total. The molecule has 0 saturated carbocycles. The first-order chi connectivity index (χ1) is 18.3. The summed E-state index contributed by atoms with van der Waals surface area (Å²) in [5, 5.41) is 15.6. The number of carbonyl (C=O) groups excluding carboxylic acids is 1. The molecule has 3 aromatic heterocycles. The molecule has 38 heavy (non-hydrogen) atoms. The Labute approximate surface area is 220 Å². The number of nitrogens with zero attached hydrogens (tertiary/aromatic N) is 7. The first-order valence-corrected chi connectivity index (χ1v) is 13.6. The van der Waals surface area contributed by atoms with Crippen molar-refractivity contribution < 1.29 is 13.2 Å². The number of nitrogens with one attached hydrogen (secondary N) is 2. The van der Waals surface area contributed by atoms with E-state index in [4.69, 9.17) is 0 Å². The van der Waals surface area contributed by atoms with Crippen LogP contribution in [0.5, 0.6) is 0 Å². The Morgan fingerprint density at radius 2 is 1.79 bits per heavy atom. The van der Waals surface area contributed by atoms with E-state index in [1.165, 1.54) is 12.1 Å². The summed E-state index contributed by atoms with van der Waals surface area (Å²) < 4.78 is 29.7. The van der Waals surface area contributed by atoms with Gasteiger partial charge in [-0.15, -0.1) is 10.2 Å². The van der Waals surface area contributed by atoms with Crippen LogP contribution >= 0.6 is 0 Å². The summed E-state index contributed by atoms with van der Waals surface area (Å²) in [4.78, 5) is 23.4. The van der Waals surface area contributed by atoms with Crippen LogP contribution in [0.15, 0.2) is 65.8 Å². The Morgan fingerprint density at radius 3 is 2.47 bits per heavy atom. The van der Waals surface area contributed by atoms with Crippen molar-refractivity contribution in [2.24, 2.45) is 5.92 Å². The summed E-state index contributed by atoms with van der Waals surface area (Å²) in [5.74, 6) is 1.62. The zero-order valence-corrected chi connectivity index (χ0v) is 21.8. The van der Waals surface area contributed by atoms with Gasteiger partial charge in [0.15, 0.2) is 11.6 Å². The SMILES string of the molecule is Cc1cc(NS(=O)(=O)c2ccc(NC(=O)C3CCCN(c4ccc(-n5cccn5)nn4)C3)cc2)nc(C)n1. The Morgan fingerprint density at radius 1 is 1.03 bits per heavy atom. The molecule has 1 aliphatic rings. The fraction of sp³-hybridized carbons (Fsp3) is 0.280. The minimum absolute atomic E-state index is 0.0605. The van der Waals surface area contributed by atoms with E-state index in [1.807, 2.05) is 23.1 Å². The molecule has 13 heteroatoms. The number of piperidine rings is 1. The van der Waals surface area contributed by atoms with Crippen molar-refractivity contribution >= 4 is 33.3 Å². The van der Waals surface area contributed by atoms with Gasteiger partial charge in [0.2, 0.25) is 5.91 Å². The van der Waals surface area contributed by atoms with E-state index in [-0.39, 0.29) is 22.5 Å². The van der Waals surface area contributed by atoms with E-state index < -0.39 is 10.0 Å². The lowest BCUT2D eigenvalue weighted by Gasteiger charge is -2.32. The highest BCUT2D eigenvalue weighted by atomic mass is 32.2. The minimum atomic E-state index is -3.85. The van der Waals surface area contributed by atoms with Crippen LogP contribution in [0.1, 0.15) is 24.4 Å². The fourth-order valence-corrected chi connectivity index (χ4v) is 5.33. The van der Waals surface area contributed by atoms with Crippen LogP contribution in [0.4, 0.5) is 17.3 Å². The van der Waals surface area contributed by atoms with Crippen molar-refractivity contribution in [1.29, 1.82) is 0 Å². The van der Waals surface area contributed by atoms with Crippen molar-refractivity contribution in [3.05, 3.63) is 72.4 Å². The van der Waals surface area contributed by atoms with E-state index in [0.717, 1.165) is 19.4 Å². The van der Waals surface area contributed by atoms with Gasteiger partial charge in [-0.2, -0.15) is 5.10 Å². The molecule has 0 spiro atoms. The molecule has 1 aromatic carbocycles. The van der Waals surface area contributed by atoms with Gasteiger partial charge >= 0.3 is 0 Å². The molecule has 12 nitrogen and oxygen atoms in total. The second kappa shape index (κ2) is 10.5. The smallest absolute Gasteiger partial charge is 0.263 e. The molecule has 0 radical (unpaired) electrons. The molecule has 1 saturated heterocycles. The fourth-order valence-electron chi connectivity index (χ4n) is 4.34. The van der Waals surface area contributed by atoms with Gasteiger partial charge in [-0.3, -0.25) is 9.52 Å². The van der Waals surface area contributed by atoms with Gasteiger partial charge < -0.3 is 10.2 Å². The summed E-state index contributed by atoms with van der Waals surface area (Å²) in [5.41, 5.74) is 1.18. The zero-order valence-electron chi connectivity index (χ0n) is 20.9. The van der Waals surface area contributed by atoms with E-state index in [2.05, 4.69) is 35.3 Å². The Bertz CT molecular complexity index is 1500. The molecule has 0 bridgehead atoms. The Balaban J connectivity index is 1.20. The molecule has 4 aromatic rings. The lowest BCUT2D eigenvalue weighted by atomic mass is 9.97. The lowest BCUT2D eigenvalue weighted by Crippen LogP contribution is -2.41. The zero-order chi connectivity index (χ0) is 26.7. The normalized spacial score (nSPS) is 15.7. The van der Waals surface area contributed by atoms with E-state index in [9.17, 15) is 13.2 Å². The van der Waals surface area contributed by atoms with Gasteiger partial charge in [0.25, 0.3) is 10.0 Å². The van der Waals surface area contributed by atoms with Crippen LogP contribution < -0.4 is 14.9 Å². The number of aryl methyl sites for hydroxylation is 2. The average Bonchev–Trinajstić information content (AvgIpc) is 3.43. The second-order valence-electron chi connectivity index (χ2n) is 9.05. The number of carbonyl (C=O) groups is 1. The highest BCUT2D eigenvalue weighted by molar-refractivity contribution is 7.92. The number of aromatic nitrogens is 6. The third-order valence-electron chi connectivity index (χ3n) is 6.13. The Kier molecular flexibility index (Phi) is 7.01. The summed E-state index contributed by atoms with van der Waals surface area (Å²) in [6.45, 7) is 4.75. The molecule has 1 unspecified atom stereocenters. The largest absolute Gasteiger partial charge is 0.354 e. The number of benzene rings is 1. The van der Waals surface area contributed by atoms with Crippen LogP contribution in [0.25, 0.3) is 5.82 Å². The molecular formula is C25H27N9O3S. The van der Waals surface area contributed by atoms with Gasteiger partial charge in [-0.05, 0) is 69.2 Å². The quantitative estimate of drug-likeness (QED) is 0.366. The molecule has 196 valence electrons. The van der Waals surface area contributed by atoms with Crippen LogP contribution in [-0.4, -0.2) is 57.4 Å². The van der Waals surface area contributed by atoms with Gasteiger partial charge in [0.05, 0.1) is 10.8 Å². The van der Waals surface area contributed by atoms with Gasteiger partial charge in [-0.25, -0.2) is 23.1 Å². The first-order valence-electron chi connectivity index (χ1n) is 12.1. The predicted molar refractivity (Wildman–Crippen MR) is 141 cm³/mol. The van der Waals surface area contributed by atoms with Crippen molar-refractivity contribution in [2.45, 2.75) is 31.6 Å². The molecule has 4 heterocycles. The minimum Gasteiger partial charge on any atom is -0.354 e. The van der Waals surface area contributed by atoms with Crippen molar-refractivity contribution in [2.75, 3.05) is 28.0 Å². The van der Waals surface area contributed by atoms with Crippen LogP contribution in [0.3, 0.4) is 0 Å². The Hall–Kier alpha value is -4.39. The van der Waals surface area contributed by atoms with Gasteiger partial charge in [0.1, 0.15) is 11.6 Å². The molecule has 1 fully saturated rings. The predicted octanol–water partition coefficient (Wildman–Crippen LogP) is 2.73. The number of amides is 1. The summed E-state index contributed by atoms with van der Waals surface area (Å²) >= 11 is 0. The van der Waals surface area contributed by atoms with Gasteiger partial charge in [0, 0.05) is 42.9 Å². The van der Waals surface area contributed by atoms with Crippen LogP contribution in [-0.2, 0) is 14.8 Å². The van der Waals surface area contributed by atoms with Crippen molar-refractivity contribution in [3.63, 3.8) is 0 Å². The number of sulfonamides is 1. The van der Waals surface area contributed by atoms with Crippen LogP contribution in [0.2, 0.25) is 0 Å². The lowest BCUT2D eigenvalue weighted by molar-refractivity contribution is -0.120.